The number of rotatable bonds is 3. The molecule has 0 radical (unpaired) electrons. The molecule has 3 fully saturated rings. The second-order valence-corrected chi connectivity index (χ2v) is 12.3. The fourth-order valence-corrected chi connectivity index (χ4v) is 9.08. The lowest BCUT2D eigenvalue weighted by molar-refractivity contribution is -0.111. The zero-order valence-electron chi connectivity index (χ0n) is 21.7. The summed E-state index contributed by atoms with van der Waals surface area (Å²) in [6, 6.07) is 9.05. The summed E-state index contributed by atoms with van der Waals surface area (Å²) in [7, 11) is 0. The standard InChI is InChI=1S/C31H37FN2O2/c1-4-36-29-24(17-33)27-23(28(34-29)18-5-8-20(32)9-6-18)16-26-22-10-7-19-15-21(35)11-13-30(19,2)25(22)12-14-31(26,27)3/h5-6,8-9,19,21-22,25-26,35H,4,7,10-16H2,1-3H3/t19-,21-,22+,25-,26-,30-,31-/m0/s1. The minimum Gasteiger partial charge on any atom is -0.477 e. The Bertz CT molecular complexity index is 1220. The number of hydrogen-bond donors (Lipinski definition) is 1. The van der Waals surface area contributed by atoms with Gasteiger partial charge in [-0.25, -0.2) is 9.37 Å². The molecule has 0 aliphatic heterocycles. The van der Waals surface area contributed by atoms with Gasteiger partial charge >= 0.3 is 0 Å². The minimum absolute atomic E-state index is 0.0947. The lowest BCUT2D eigenvalue weighted by atomic mass is 9.45. The van der Waals surface area contributed by atoms with Crippen LogP contribution in [0.4, 0.5) is 4.39 Å². The predicted molar refractivity (Wildman–Crippen MR) is 137 cm³/mol. The van der Waals surface area contributed by atoms with Gasteiger partial charge in [-0.2, -0.15) is 5.26 Å². The summed E-state index contributed by atoms with van der Waals surface area (Å²) >= 11 is 0. The Morgan fingerprint density at radius 3 is 2.61 bits per heavy atom. The van der Waals surface area contributed by atoms with Crippen molar-refractivity contribution in [3.63, 3.8) is 0 Å². The zero-order chi connectivity index (χ0) is 25.2. The van der Waals surface area contributed by atoms with Crippen LogP contribution in [0.1, 0.15) is 82.4 Å². The van der Waals surface area contributed by atoms with Crippen molar-refractivity contribution >= 4 is 0 Å². The van der Waals surface area contributed by atoms with E-state index < -0.39 is 0 Å². The third kappa shape index (κ3) is 3.36. The van der Waals surface area contributed by atoms with Crippen molar-refractivity contribution in [1.82, 2.24) is 4.98 Å². The first kappa shape index (κ1) is 23.9. The number of aromatic nitrogens is 1. The molecule has 0 amide bonds. The number of aliphatic hydroxyl groups is 1. The summed E-state index contributed by atoms with van der Waals surface area (Å²) in [6.45, 7) is 7.25. The molecule has 1 N–H and O–H groups in total. The summed E-state index contributed by atoms with van der Waals surface area (Å²) < 4.78 is 19.7. The molecule has 1 heterocycles. The average molecular weight is 489 g/mol. The van der Waals surface area contributed by atoms with Gasteiger partial charge in [0.2, 0.25) is 5.88 Å². The van der Waals surface area contributed by atoms with Crippen molar-refractivity contribution in [1.29, 1.82) is 5.26 Å². The smallest absolute Gasteiger partial charge is 0.232 e. The predicted octanol–water partition coefficient (Wildman–Crippen LogP) is 6.58. The van der Waals surface area contributed by atoms with Gasteiger partial charge in [-0.15, -0.1) is 0 Å². The van der Waals surface area contributed by atoms with Crippen LogP contribution in [0, 0.1) is 46.2 Å². The number of aliphatic hydroxyl groups excluding tert-OH is 1. The molecule has 4 aliphatic rings. The highest BCUT2D eigenvalue weighted by Gasteiger charge is 2.60. The largest absolute Gasteiger partial charge is 0.477 e. The molecule has 1 aromatic heterocycles. The molecule has 2 aromatic rings. The van der Waals surface area contributed by atoms with Gasteiger partial charge in [-0.05, 0) is 128 Å². The lowest BCUT2D eigenvalue weighted by Gasteiger charge is -2.60. The van der Waals surface area contributed by atoms with Gasteiger partial charge in [0, 0.05) is 5.56 Å². The van der Waals surface area contributed by atoms with E-state index in [9.17, 15) is 14.8 Å². The second-order valence-electron chi connectivity index (χ2n) is 12.3. The first-order chi connectivity index (χ1) is 17.3. The molecule has 190 valence electrons. The molecule has 0 saturated heterocycles. The van der Waals surface area contributed by atoms with E-state index >= 15 is 0 Å². The molecule has 7 atom stereocenters. The van der Waals surface area contributed by atoms with Gasteiger partial charge in [0.25, 0.3) is 0 Å². The molecule has 1 aromatic carbocycles. The number of fused-ring (bicyclic) bond motifs is 7. The third-order valence-corrected chi connectivity index (χ3v) is 10.8. The van der Waals surface area contributed by atoms with Gasteiger partial charge in [-0.1, -0.05) is 13.8 Å². The van der Waals surface area contributed by atoms with Crippen molar-refractivity contribution in [2.45, 2.75) is 83.7 Å². The van der Waals surface area contributed by atoms with E-state index in [2.05, 4.69) is 19.9 Å². The summed E-state index contributed by atoms with van der Waals surface area (Å²) in [5, 5.41) is 20.7. The normalized spacial score (nSPS) is 36.7. The van der Waals surface area contributed by atoms with Crippen molar-refractivity contribution in [3.05, 3.63) is 46.8 Å². The highest BCUT2D eigenvalue weighted by atomic mass is 19.1. The van der Waals surface area contributed by atoms with E-state index in [1.54, 1.807) is 12.1 Å². The van der Waals surface area contributed by atoms with Crippen LogP contribution in [0.2, 0.25) is 0 Å². The highest BCUT2D eigenvalue weighted by molar-refractivity contribution is 5.71. The fraction of sp³-hybridized carbons (Fsp3) is 0.613. The first-order valence-corrected chi connectivity index (χ1v) is 13.8. The first-order valence-electron chi connectivity index (χ1n) is 13.8. The van der Waals surface area contributed by atoms with E-state index in [4.69, 9.17) is 9.72 Å². The Morgan fingerprint density at radius 2 is 1.89 bits per heavy atom. The molecule has 4 aliphatic carbocycles. The Morgan fingerprint density at radius 1 is 1.11 bits per heavy atom. The Hall–Kier alpha value is -2.45. The topological polar surface area (TPSA) is 66.1 Å². The van der Waals surface area contributed by atoms with Crippen LogP contribution in [-0.4, -0.2) is 22.8 Å². The van der Waals surface area contributed by atoms with Crippen LogP contribution in [0.25, 0.3) is 11.3 Å². The number of ether oxygens (including phenoxy) is 1. The van der Waals surface area contributed by atoms with Gasteiger partial charge < -0.3 is 9.84 Å². The van der Waals surface area contributed by atoms with Crippen LogP contribution < -0.4 is 4.74 Å². The van der Waals surface area contributed by atoms with Crippen molar-refractivity contribution in [2.75, 3.05) is 6.61 Å². The molecule has 4 nitrogen and oxygen atoms in total. The molecule has 0 bridgehead atoms. The fourth-order valence-electron chi connectivity index (χ4n) is 9.08. The summed E-state index contributed by atoms with van der Waals surface area (Å²) in [5.74, 6) is 2.50. The van der Waals surface area contributed by atoms with E-state index in [0.717, 1.165) is 48.9 Å². The van der Waals surface area contributed by atoms with Crippen LogP contribution in [0.5, 0.6) is 5.88 Å². The van der Waals surface area contributed by atoms with E-state index in [0.29, 0.717) is 47.1 Å². The molecule has 36 heavy (non-hydrogen) atoms. The molecule has 6 rings (SSSR count). The van der Waals surface area contributed by atoms with Crippen molar-refractivity contribution < 1.29 is 14.2 Å². The maximum absolute atomic E-state index is 13.8. The Kier molecular flexibility index (Phi) is 5.68. The van der Waals surface area contributed by atoms with Gasteiger partial charge in [0.05, 0.1) is 18.4 Å². The molecule has 3 saturated carbocycles. The van der Waals surface area contributed by atoms with Crippen LogP contribution in [0.15, 0.2) is 24.3 Å². The van der Waals surface area contributed by atoms with Crippen molar-refractivity contribution in [3.8, 4) is 23.2 Å². The van der Waals surface area contributed by atoms with Crippen LogP contribution >= 0.6 is 0 Å². The molecule has 0 spiro atoms. The average Bonchev–Trinajstić information content (AvgIpc) is 3.18. The summed E-state index contributed by atoms with van der Waals surface area (Å²) in [4.78, 5) is 4.89. The van der Waals surface area contributed by atoms with Crippen LogP contribution in [0.3, 0.4) is 0 Å². The molecule has 5 heteroatoms. The number of pyridine rings is 1. The molecule has 0 unspecified atom stereocenters. The van der Waals surface area contributed by atoms with Gasteiger partial charge in [0.1, 0.15) is 17.4 Å². The Labute approximate surface area is 213 Å². The zero-order valence-corrected chi connectivity index (χ0v) is 21.7. The maximum Gasteiger partial charge on any atom is 0.232 e. The van der Waals surface area contributed by atoms with Crippen molar-refractivity contribution in [2.24, 2.45) is 29.1 Å². The Balaban J connectivity index is 1.47. The van der Waals surface area contributed by atoms with E-state index in [-0.39, 0.29) is 17.3 Å². The lowest BCUT2D eigenvalue weighted by Crippen LogP contribution is -2.54. The summed E-state index contributed by atoms with van der Waals surface area (Å²) in [6.07, 6.45) is 8.40. The highest BCUT2D eigenvalue weighted by Crippen LogP contribution is 2.66. The second kappa shape index (κ2) is 8.55. The number of nitriles is 1. The SMILES string of the molecule is CCOc1nc(-c2ccc(F)cc2)c2c(c1C#N)[C@@]1(C)CC[C@H]3[C@@H](CC[C@H]4C[C@@H](O)CC[C@@]43C)[C@@H]1C2. The third-order valence-electron chi connectivity index (χ3n) is 10.8. The monoisotopic (exact) mass is 488 g/mol. The number of benzene rings is 1. The number of halogens is 1. The molecular weight excluding hydrogens is 451 g/mol. The van der Waals surface area contributed by atoms with Crippen LogP contribution in [-0.2, 0) is 11.8 Å². The quantitative estimate of drug-likeness (QED) is 0.530. The van der Waals surface area contributed by atoms with Gasteiger partial charge in [-0.3, -0.25) is 0 Å². The number of nitrogens with zero attached hydrogens (tertiary/aromatic N) is 2. The number of hydrogen-bond acceptors (Lipinski definition) is 4. The molecular formula is C31H37FN2O2. The van der Waals surface area contributed by atoms with E-state index in [1.165, 1.54) is 37.0 Å². The summed E-state index contributed by atoms with van der Waals surface area (Å²) in [5.41, 5.74) is 4.84. The minimum atomic E-state index is -0.264. The van der Waals surface area contributed by atoms with E-state index in [1.807, 2.05) is 6.92 Å². The maximum atomic E-state index is 13.8. The van der Waals surface area contributed by atoms with Gasteiger partial charge in [0.15, 0.2) is 0 Å².